The Hall–Kier alpha value is -9.39. The maximum Gasteiger partial charge on any atom is 0.164 e. The van der Waals surface area contributed by atoms with Gasteiger partial charge in [-0.25, -0.2) is 15.0 Å². The lowest BCUT2D eigenvalue weighted by molar-refractivity contribution is 0.665. The van der Waals surface area contributed by atoms with Gasteiger partial charge in [0.25, 0.3) is 0 Å². The average molecular weight is 883 g/mol. The first kappa shape index (κ1) is 38.8. The van der Waals surface area contributed by atoms with Gasteiger partial charge in [0.1, 0.15) is 22.3 Å². The fourth-order valence-corrected chi connectivity index (χ4v) is 10.3. The van der Waals surface area contributed by atoms with E-state index < -0.39 is 0 Å². The highest BCUT2D eigenvalue weighted by Crippen LogP contribution is 2.45. The molecule has 0 aliphatic heterocycles. The number of benzene rings is 10. The molecule has 0 radical (unpaired) electrons. The van der Waals surface area contributed by atoms with Crippen molar-refractivity contribution in [2.45, 2.75) is 0 Å². The Bertz CT molecular complexity index is 4250. The molecule has 0 amide bonds. The number of fused-ring (bicyclic) bond motifs is 9. The normalized spacial score (nSPS) is 11.8. The zero-order chi connectivity index (χ0) is 45.4. The molecule has 0 bridgehead atoms. The van der Waals surface area contributed by atoms with Crippen molar-refractivity contribution >= 4 is 65.7 Å². The summed E-state index contributed by atoms with van der Waals surface area (Å²) in [7, 11) is 0. The van der Waals surface area contributed by atoms with Crippen LogP contribution in [0.25, 0.3) is 139 Å². The van der Waals surface area contributed by atoms with Crippen molar-refractivity contribution in [2.75, 3.05) is 0 Å². The topological polar surface area (TPSA) is 69.9 Å². The Kier molecular flexibility index (Phi) is 8.79. The van der Waals surface area contributed by atoms with Gasteiger partial charge in [-0.3, -0.25) is 0 Å². The second-order valence-electron chi connectivity index (χ2n) is 17.5. The van der Waals surface area contributed by atoms with Gasteiger partial charge in [0.15, 0.2) is 17.5 Å². The third kappa shape index (κ3) is 6.38. The summed E-state index contributed by atoms with van der Waals surface area (Å²) in [6.45, 7) is 0. The first-order chi connectivity index (χ1) is 34.2. The maximum absolute atomic E-state index is 6.95. The molecule has 0 saturated carbocycles. The van der Waals surface area contributed by atoms with Gasteiger partial charge in [0.05, 0.1) is 11.0 Å². The molecule has 0 aliphatic carbocycles. The minimum absolute atomic E-state index is 0.606. The summed E-state index contributed by atoms with van der Waals surface area (Å²) in [5.41, 5.74) is 15.8. The van der Waals surface area contributed by atoms with Crippen molar-refractivity contribution in [3.8, 4) is 73.2 Å². The Morgan fingerprint density at radius 3 is 1.57 bits per heavy atom. The Morgan fingerprint density at radius 1 is 0.290 bits per heavy atom. The lowest BCUT2D eigenvalue weighted by Crippen LogP contribution is -2.00. The van der Waals surface area contributed by atoms with Gasteiger partial charge in [-0.05, 0) is 64.7 Å². The Labute approximate surface area is 396 Å². The van der Waals surface area contributed by atoms with E-state index in [1.165, 1.54) is 21.9 Å². The molecular formula is C63H38N4O2. The fraction of sp³-hybridized carbons (Fsp3) is 0. The molecule has 14 rings (SSSR count). The van der Waals surface area contributed by atoms with E-state index >= 15 is 0 Å². The van der Waals surface area contributed by atoms with E-state index in [0.717, 1.165) is 99.5 Å². The molecule has 6 nitrogen and oxygen atoms in total. The van der Waals surface area contributed by atoms with Crippen LogP contribution in [0.5, 0.6) is 0 Å². The highest BCUT2D eigenvalue weighted by molar-refractivity contribution is 6.18. The predicted molar refractivity (Wildman–Crippen MR) is 281 cm³/mol. The van der Waals surface area contributed by atoms with Crippen molar-refractivity contribution in [3.63, 3.8) is 0 Å². The third-order valence-electron chi connectivity index (χ3n) is 13.5. The first-order valence-electron chi connectivity index (χ1n) is 23.2. The monoisotopic (exact) mass is 882 g/mol. The molecule has 4 heterocycles. The van der Waals surface area contributed by atoms with Gasteiger partial charge >= 0.3 is 0 Å². The van der Waals surface area contributed by atoms with Crippen LogP contribution in [0.3, 0.4) is 0 Å². The maximum atomic E-state index is 6.95. The number of aromatic nitrogens is 4. The predicted octanol–water partition coefficient (Wildman–Crippen LogP) is 16.8. The lowest BCUT2D eigenvalue weighted by atomic mass is 9.96. The van der Waals surface area contributed by atoms with Crippen LogP contribution in [-0.2, 0) is 0 Å². The number of nitrogens with zero attached hydrogens (tertiary/aromatic N) is 4. The van der Waals surface area contributed by atoms with Gasteiger partial charge in [0, 0.05) is 71.9 Å². The molecule has 0 atom stereocenters. The largest absolute Gasteiger partial charge is 0.455 e. The number of rotatable bonds is 7. The van der Waals surface area contributed by atoms with Gasteiger partial charge in [0.2, 0.25) is 0 Å². The van der Waals surface area contributed by atoms with Crippen LogP contribution < -0.4 is 0 Å². The highest BCUT2D eigenvalue weighted by atomic mass is 16.3. The summed E-state index contributed by atoms with van der Waals surface area (Å²) in [6.07, 6.45) is 0. The summed E-state index contributed by atoms with van der Waals surface area (Å²) in [5.74, 6) is 1.86. The Morgan fingerprint density at radius 2 is 0.826 bits per heavy atom. The average Bonchev–Trinajstić information content (AvgIpc) is 4.11. The molecule has 0 saturated heterocycles. The molecule has 14 aromatic rings. The van der Waals surface area contributed by atoms with Crippen LogP contribution in [0, 0.1) is 0 Å². The van der Waals surface area contributed by atoms with Gasteiger partial charge in [-0.1, -0.05) is 182 Å². The van der Waals surface area contributed by atoms with Crippen LogP contribution in [0.4, 0.5) is 0 Å². The smallest absolute Gasteiger partial charge is 0.164 e. The molecular weight excluding hydrogens is 845 g/mol. The molecule has 4 aromatic heterocycles. The zero-order valence-electron chi connectivity index (χ0n) is 37.0. The Balaban J connectivity index is 0.877. The summed E-state index contributed by atoms with van der Waals surface area (Å²) in [5, 5.41) is 6.61. The number of hydrogen-bond donors (Lipinski definition) is 0. The molecule has 0 aliphatic rings. The van der Waals surface area contributed by atoms with Crippen molar-refractivity contribution in [2.24, 2.45) is 0 Å². The van der Waals surface area contributed by atoms with E-state index in [1.54, 1.807) is 0 Å². The summed E-state index contributed by atoms with van der Waals surface area (Å²) in [6, 6.07) is 80.3. The number of hydrogen-bond acceptors (Lipinski definition) is 5. The van der Waals surface area contributed by atoms with Crippen LogP contribution >= 0.6 is 0 Å². The minimum Gasteiger partial charge on any atom is -0.455 e. The second-order valence-corrected chi connectivity index (χ2v) is 17.5. The fourth-order valence-electron chi connectivity index (χ4n) is 10.3. The second kappa shape index (κ2) is 15.6. The van der Waals surface area contributed by atoms with E-state index in [9.17, 15) is 0 Å². The summed E-state index contributed by atoms with van der Waals surface area (Å²) in [4.78, 5) is 15.0. The van der Waals surface area contributed by atoms with Crippen LogP contribution in [-0.4, -0.2) is 19.5 Å². The van der Waals surface area contributed by atoms with E-state index in [4.69, 9.17) is 23.8 Å². The van der Waals surface area contributed by atoms with Crippen molar-refractivity contribution in [1.29, 1.82) is 0 Å². The van der Waals surface area contributed by atoms with Gasteiger partial charge in [-0.15, -0.1) is 0 Å². The van der Waals surface area contributed by atoms with Crippen LogP contribution in [0.15, 0.2) is 239 Å². The zero-order valence-corrected chi connectivity index (χ0v) is 37.0. The van der Waals surface area contributed by atoms with Gasteiger partial charge < -0.3 is 13.4 Å². The molecule has 10 aromatic carbocycles. The van der Waals surface area contributed by atoms with E-state index in [2.05, 4.69) is 174 Å². The van der Waals surface area contributed by atoms with Gasteiger partial charge in [-0.2, -0.15) is 0 Å². The van der Waals surface area contributed by atoms with E-state index in [0.29, 0.717) is 17.5 Å². The first-order valence-corrected chi connectivity index (χ1v) is 23.2. The summed E-state index contributed by atoms with van der Waals surface area (Å²) < 4.78 is 16.2. The van der Waals surface area contributed by atoms with Crippen molar-refractivity contribution in [3.05, 3.63) is 231 Å². The number of furan rings is 2. The summed E-state index contributed by atoms with van der Waals surface area (Å²) >= 11 is 0. The molecule has 6 heteroatoms. The third-order valence-corrected chi connectivity index (χ3v) is 13.5. The molecule has 0 unspecified atom stereocenters. The van der Waals surface area contributed by atoms with Crippen molar-refractivity contribution < 1.29 is 8.83 Å². The van der Waals surface area contributed by atoms with Crippen LogP contribution in [0.2, 0.25) is 0 Å². The minimum atomic E-state index is 0.606. The number of para-hydroxylation sites is 3. The molecule has 69 heavy (non-hydrogen) atoms. The molecule has 0 spiro atoms. The SMILES string of the molecule is c1ccc(-c2ccc3c(c2)c2ccccc2n3-c2ccc3c(c2)oc2c(-c4cccc5c4oc4cccc(-c6cccc(-c7nc(-c8ccccc8)nc(-c8ccccc8)n7)c6)c45)cccc23)cc1. The highest BCUT2D eigenvalue weighted by Gasteiger charge is 2.21. The standard InChI is InChI=1S/C63H38N4O2/c1-4-16-39(17-5-1)42-32-35-55-53(37-42)47-24-10-11-30-54(47)67(55)45-33-34-48-49-26-13-27-50(59(49)69-57(48)38-45)51-28-14-29-52-58-46(25-15-31-56(58)68-60(51)52)43-22-12-23-44(36-43)63-65-61(40-18-6-2-7-19-40)64-62(66-63)41-20-8-3-9-21-41/h1-38H. The molecule has 0 N–H and O–H groups in total. The molecule has 322 valence electrons. The quantitative estimate of drug-likeness (QED) is 0.159. The lowest BCUT2D eigenvalue weighted by Gasteiger charge is -2.10. The van der Waals surface area contributed by atoms with Crippen LogP contribution in [0.1, 0.15) is 0 Å². The van der Waals surface area contributed by atoms with Crippen molar-refractivity contribution in [1.82, 2.24) is 19.5 Å². The van der Waals surface area contributed by atoms with E-state index in [1.807, 2.05) is 60.7 Å². The van der Waals surface area contributed by atoms with E-state index in [-0.39, 0.29) is 0 Å². The molecule has 0 fully saturated rings.